The maximum absolute atomic E-state index is 12.6. The standard InChI is InChI=1S/C27H30I3N3O12/c28-17-10-16(1-2-21(17)34)45-26-18(29)7-15(8-19(26)30)9-20(27(43)44)33(5-3-31(11-22(35)36)12-23(37)38)6-4-32(13-24(39)40)14-25(41)42/h1-2,7-8,10,20,34H,3-6,9,11-14H2,(H,35,36)(H,37,38)(H,39,40)(H,41,42)(H,43,44)/t20-/m0/s1. The third-order valence-electron chi connectivity index (χ3n) is 6.19. The maximum Gasteiger partial charge on any atom is 0.321 e. The molecule has 6 N–H and O–H groups in total. The fourth-order valence-corrected chi connectivity index (χ4v) is 6.85. The first kappa shape index (κ1) is 38.6. The van der Waals surface area contributed by atoms with E-state index < -0.39 is 62.1 Å². The van der Waals surface area contributed by atoms with E-state index in [1.54, 1.807) is 24.3 Å². The zero-order valence-corrected chi connectivity index (χ0v) is 29.9. The summed E-state index contributed by atoms with van der Waals surface area (Å²) >= 11 is 6.07. The van der Waals surface area contributed by atoms with E-state index in [4.69, 9.17) is 4.74 Å². The Labute approximate surface area is 298 Å². The molecule has 0 unspecified atom stereocenters. The number of aromatic hydroxyl groups is 1. The van der Waals surface area contributed by atoms with Crippen LogP contribution in [0.4, 0.5) is 0 Å². The van der Waals surface area contributed by atoms with Crippen molar-refractivity contribution in [2.24, 2.45) is 0 Å². The summed E-state index contributed by atoms with van der Waals surface area (Å²) in [5.74, 6) is -5.25. The SMILES string of the molecule is O=C(O)CN(CCN(CCN(CC(=O)O)CC(=O)O)[C@@H](Cc1cc(I)c(Oc2ccc(O)c(I)c2)c(I)c1)C(=O)O)CC(=O)O. The molecule has 2 rings (SSSR count). The van der Waals surface area contributed by atoms with E-state index in [0.717, 1.165) is 9.80 Å². The number of carboxylic acids is 5. The van der Waals surface area contributed by atoms with Crippen molar-refractivity contribution < 1.29 is 59.3 Å². The van der Waals surface area contributed by atoms with Gasteiger partial charge in [0.25, 0.3) is 0 Å². The minimum absolute atomic E-state index is 0.0472. The predicted molar refractivity (Wildman–Crippen MR) is 183 cm³/mol. The minimum Gasteiger partial charge on any atom is -0.507 e. The fourth-order valence-electron chi connectivity index (χ4n) is 4.25. The first-order valence-corrected chi connectivity index (χ1v) is 16.2. The summed E-state index contributed by atoms with van der Waals surface area (Å²) in [7, 11) is 0. The number of ether oxygens (including phenoxy) is 1. The molecule has 0 radical (unpaired) electrons. The molecular formula is C27H30I3N3O12. The van der Waals surface area contributed by atoms with Gasteiger partial charge in [0.2, 0.25) is 0 Å². The van der Waals surface area contributed by atoms with E-state index in [9.17, 15) is 54.6 Å². The van der Waals surface area contributed by atoms with Crippen molar-refractivity contribution in [1.29, 1.82) is 0 Å². The largest absolute Gasteiger partial charge is 0.507 e. The van der Waals surface area contributed by atoms with Gasteiger partial charge in [-0.15, -0.1) is 0 Å². The molecule has 0 amide bonds. The summed E-state index contributed by atoms with van der Waals surface area (Å²) in [6.07, 6.45) is -0.0472. The van der Waals surface area contributed by atoms with Crippen LogP contribution in [0.5, 0.6) is 17.2 Å². The van der Waals surface area contributed by atoms with Crippen LogP contribution in [0.3, 0.4) is 0 Å². The van der Waals surface area contributed by atoms with Crippen molar-refractivity contribution in [3.05, 3.63) is 46.6 Å². The zero-order chi connectivity index (χ0) is 33.8. The number of benzene rings is 2. The van der Waals surface area contributed by atoms with Gasteiger partial charge in [0.1, 0.15) is 17.5 Å². The highest BCUT2D eigenvalue weighted by Gasteiger charge is 2.29. The molecule has 0 aliphatic carbocycles. The first-order chi connectivity index (χ1) is 21.0. The predicted octanol–water partition coefficient (Wildman–Crippen LogP) is 2.24. The molecule has 18 heteroatoms. The molecule has 15 nitrogen and oxygen atoms in total. The van der Waals surface area contributed by atoms with Crippen LogP contribution in [0.15, 0.2) is 30.3 Å². The molecular weight excluding hydrogens is 939 g/mol. The van der Waals surface area contributed by atoms with Crippen LogP contribution in [0.25, 0.3) is 0 Å². The van der Waals surface area contributed by atoms with Crippen molar-refractivity contribution in [2.75, 3.05) is 52.4 Å². The lowest BCUT2D eigenvalue weighted by Gasteiger charge is -2.32. The molecule has 0 aliphatic rings. The molecule has 0 bridgehead atoms. The van der Waals surface area contributed by atoms with Crippen molar-refractivity contribution in [1.82, 2.24) is 14.7 Å². The van der Waals surface area contributed by atoms with Crippen LogP contribution in [0.1, 0.15) is 5.56 Å². The number of carbonyl (C=O) groups is 5. The van der Waals surface area contributed by atoms with Crippen LogP contribution in [0, 0.1) is 10.7 Å². The van der Waals surface area contributed by atoms with Crippen LogP contribution >= 0.6 is 67.8 Å². The maximum atomic E-state index is 12.6. The quantitative estimate of drug-likeness (QED) is 0.105. The number of aliphatic carboxylic acids is 5. The Morgan fingerprint density at radius 1 is 0.667 bits per heavy atom. The number of rotatable bonds is 20. The number of phenols is 1. The van der Waals surface area contributed by atoms with Gasteiger partial charge in [0, 0.05) is 26.2 Å². The van der Waals surface area contributed by atoms with Gasteiger partial charge in [-0.1, -0.05) is 0 Å². The molecule has 0 saturated carbocycles. The molecule has 2 aromatic carbocycles. The van der Waals surface area contributed by atoms with E-state index >= 15 is 0 Å². The summed E-state index contributed by atoms with van der Waals surface area (Å²) in [5, 5.41) is 56.9. The number of halogens is 3. The van der Waals surface area contributed by atoms with E-state index in [1.165, 1.54) is 11.0 Å². The first-order valence-electron chi connectivity index (χ1n) is 13.0. The Kier molecular flexibility index (Phi) is 15.9. The third kappa shape index (κ3) is 13.8. The lowest BCUT2D eigenvalue weighted by Crippen LogP contribution is -2.50. The second-order valence-corrected chi connectivity index (χ2v) is 13.2. The normalized spacial score (nSPS) is 12.0. The number of nitrogens with zero attached hydrogens (tertiary/aromatic N) is 3. The van der Waals surface area contributed by atoms with Gasteiger partial charge in [-0.05, 0) is 110 Å². The highest BCUT2D eigenvalue weighted by atomic mass is 127. The highest BCUT2D eigenvalue weighted by molar-refractivity contribution is 14.1. The Balaban J connectivity index is 2.38. The highest BCUT2D eigenvalue weighted by Crippen LogP contribution is 2.35. The molecule has 0 spiro atoms. The van der Waals surface area contributed by atoms with E-state index in [0.29, 0.717) is 27.8 Å². The van der Waals surface area contributed by atoms with E-state index in [2.05, 4.69) is 45.2 Å². The van der Waals surface area contributed by atoms with Crippen molar-refractivity contribution in [2.45, 2.75) is 12.5 Å². The summed E-state index contributed by atoms with van der Waals surface area (Å²) in [6, 6.07) is 7.00. The van der Waals surface area contributed by atoms with E-state index in [-0.39, 0.29) is 38.3 Å². The topological polar surface area (TPSA) is 226 Å². The smallest absolute Gasteiger partial charge is 0.321 e. The molecule has 2 aromatic rings. The van der Waals surface area contributed by atoms with Crippen molar-refractivity contribution >= 4 is 97.6 Å². The second kappa shape index (κ2) is 18.6. The molecule has 246 valence electrons. The molecule has 45 heavy (non-hydrogen) atoms. The van der Waals surface area contributed by atoms with Gasteiger partial charge in [-0.3, -0.25) is 38.7 Å². The third-order valence-corrected chi connectivity index (χ3v) is 8.66. The Morgan fingerprint density at radius 3 is 1.49 bits per heavy atom. The van der Waals surface area contributed by atoms with Gasteiger partial charge in [0.05, 0.1) is 36.9 Å². The van der Waals surface area contributed by atoms with Crippen molar-refractivity contribution in [3.63, 3.8) is 0 Å². The molecule has 0 fully saturated rings. The van der Waals surface area contributed by atoms with E-state index in [1.807, 2.05) is 22.6 Å². The van der Waals surface area contributed by atoms with Crippen LogP contribution < -0.4 is 4.74 Å². The van der Waals surface area contributed by atoms with Gasteiger partial charge < -0.3 is 35.4 Å². The lowest BCUT2D eigenvalue weighted by molar-refractivity contribution is -0.146. The second-order valence-electron chi connectivity index (χ2n) is 9.69. The monoisotopic (exact) mass is 969 g/mol. The van der Waals surface area contributed by atoms with Gasteiger partial charge in [-0.25, -0.2) is 0 Å². The summed E-state index contributed by atoms with van der Waals surface area (Å²) < 4.78 is 7.94. The van der Waals surface area contributed by atoms with Gasteiger partial charge in [-0.2, -0.15) is 0 Å². The number of hydrogen-bond donors (Lipinski definition) is 6. The number of carboxylic acid groups (broad SMARTS) is 5. The molecule has 0 saturated heterocycles. The summed E-state index contributed by atoms with van der Waals surface area (Å²) in [5.41, 5.74) is 0.606. The summed E-state index contributed by atoms with van der Waals surface area (Å²) in [6.45, 7) is -2.96. The minimum atomic E-state index is -1.28. The van der Waals surface area contributed by atoms with Gasteiger partial charge >= 0.3 is 29.8 Å². The van der Waals surface area contributed by atoms with Crippen molar-refractivity contribution in [3.8, 4) is 17.2 Å². The van der Waals surface area contributed by atoms with Crippen LogP contribution in [-0.2, 0) is 30.4 Å². The Bertz CT molecular complexity index is 1320. The zero-order valence-electron chi connectivity index (χ0n) is 23.4. The fraction of sp³-hybridized carbons (Fsp3) is 0.370. The Morgan fingerprint density at radius 2 is 1.11 bits per heavy atom. The lowest BCUT2D eigenvalue weighted by atomic mass is 10.0. The van der Waals surface area contributed by atoms with Gasteiger partial charge in [0.15, 0.2) is 5.75 Å². The Hall–Kier alpha value is -2.54. The average Bonchev–Trinajstić information content (AvgIpc) is 2.90. The van der Waals surface area contributed by atoms with Crippen LogP contribution in [0.2, 0.25) is 0 Å². The number of hydrogen-bond acceptors (Lipinski definition) is 10. The molecule has 1 atom stereocenters. The summed E-state index contributed by atoms with van der Waals surface area (Å²) in [4.78, 5) is 61.4. The molecule has 0 aliphatic heterocycles. The molecule has 0 aromatic heterocycles. The molecule has 0 heterocycles. The number of phenolic OH excluding ortho intramolecular Hbond substituents is 1. The van der Waals surface area contributed by atoms with Crippen LogP contribution in [-0.4, -0.2) is 134 Å². The average molecular weight is 969 g/mol.